The van der Waals surface area contributed by atoms with Gasteiger partial charge in [-0.15, -0.1) is 0 Å². The number of oxime groups is 1. The Morgan fingerprint density at radius 1 is 1.05 bits per heavy atom. The summed E-state index contributed by atoms with van der Waals surface area (Å²) in [7, 11) is 0. The van der Waals surface area contributed by atoms with Gasteiger partial charge in [-0.25, -0.2) is 0 Å². The van der Waals surface area contributed by atoms with Gasteiger partial charge in [0.15, 0.2) is 0 Å². The molecule has 0 N–H and O–H groups in total. The molecule has 20 heavy (non-hydrogen) atoms. The van der Waals surface area contributed by atoms with Crippen LogP contribution in [0.15, 0.2) is 65.8 Å². The molecule has 4 nitrogen and oxygen atoms in total. The lowest BCUT2D eigenvalue weighted by atomic mass is 10.1. The zero-order valence-electron chi connectivity index (χ0n) is 10.7. The Bertz CT molecular complexity index is 643. The van der Waals surface area contributed by atoms with Gasteiger partial charge in [-0.3, -0.25) is 4.79 Å². The maximum absolute atomic E-state index is 12.0. The van der Waals surface area contributed by atoms with E-state index in [1.807, 2.05) is 30.3 Å². The van der Waals surface area contributed by atoms with E-state index in [9.17, 15) is 4.79 Å². The lowest BCUT2D eigenvalue weighted by Crippen LogP contribution is -2.12. The average Bonchev–Trinajstić information content (AvgIpc) is 2.53. The molecule has 0 saturated heterocycles. The molecule has 0 fully saturated rings. The van der Waals surface area contributed by atoms with Crippen molar-refractivity contribution in [2.24, 2.45) is 5.16 Å². The number of nitrogens with zero attached hydrogens (tertiary/aromatic N) is 2. The highest BCUT2D eigenvalue weighted by Gasteiger charge is 2.13. The van der Waals surface area contributed by atoms with Crippen LogP contribution in [0.3, 0.4) is 0 Å². The van der Waals surface area contributed by atoms with Crippen molar-refractivity contribution >= 4 is 11.5 Å². The maximum Gasteiger partial charge on any atom is 0.227 e. The first-order valence-corrected chi connectivity index (χ1v) is 6.05. The smallest absolute Gasteiger partial charge is 0.227 e. The number of ketones is 1. The van der Waals surface area contributed by atoms with Gasteiger partial charge < -0.3 is 4.84 Å². The molecule has 0 aliphatic heterocycles. The molecule has 0 unspecified atom stereocenters. The van der Waals surface area contributed by atoms with E-state index < -0.39 is 5.78 Å². The fourth-order valence-electron chi connectivity index (χ4n) is 1.58. The highest BCUT2D eigenvalue weighted by Crippen LogP contribution is 2.04. The molecule has 0 radical (unpaired) electrons. The van der Waals surface area contributed by atoms with Crippen molar-refractivity contribution in [2.45, 2.75) is 6.61 Å². The molecule has 0 saturated carbocycles. The third-order valence-electron chi connectivity index (χ3n) is 2.59. The highest BCUT2D eigenvalue weighted by atomic mass is 16.6. The molecular formula is C16H12N2O2. The Labute approximate surface area is 116 Å². The van der Waals surface area contributed by atoms with Gasteiger partial charge >= 0.3 is 0 Å². The fraction of sp³-hybridized carbons (Fsp3) is 0.0625. The number of hydrogen-bond donors (Lipinski definition) is 0. The second-order valence-electron chi connectivity index (χ2n) is 4.01. The highest BCUT2D eigenvalue weighted by molar-refractivity contribution is 6.51. The molecule has 4 heteroatoms. The normalized spacial score (nSPS) is 10.7. The van der Waals surface area contributed by atoms with Crippen LogP contribution in [0, 0.1) is 11.3 Å². The fourth-order valence-corrected chi connectivity index (χ4v) is 1.58. The summed E-state index contributed by atoms with van der Waals surface area (Å²) in [5, 5.41) is 12.6. The third-order valence-corrected chi connectivity index (χ3v) is 2.59. The lowest BCUT2D eigenvalue weighted by Gasteiger charge is -2.01. The van der Waals surface area contributed by atoms with Crippen molar-refractivity contribution in [1.82, 2.24) is 0 Å². The average molecular weight is 264 g/mol. The molecular weight excluding hydrogens is 252 g/mol. The van der Waals surface area contributed by atoms with E-state index in [1.165, 1.54) is 0 Å². The van der Waals surface area contributed by atoms with Gasteiger partial charge in [-0.2, -0.15) is 5.26 Å². The predicted molar refractivity (Wildman–Crippen MR) is 75.1 cm³/mol. The second kappa shape index (κ2) is 6.86. The molecule has 2 rings (SSSR count). The molecule has 98 valence electrons. The first kappa shape index (κ1) is 13.5. The van der Waals surface area contributed by atoms with E-state index in [1.54, 1.807) is 36.4 Å². The molecule has 2 aromatic rings. The third kappa shape index (κ3) is 3.53. The number of carbonyl (C=O) groups excluding carboxylic acids is 1. The minimum atomic E-state index is -0.443. The van der Waals surface area contributed by atoms with Gasteiger partial charge in [0, 0.05) is 5.56 Å². The zero-order valence-corrected chi connectivity index (χ0v) is 10.7. The number of rotatable bonds is 5. The predicted octanol–water partition coefficient (Wildman–Crippen LogP) is 2.97. The van der Waals surface area contributed by atoms with E-state index >= 15 is 0 Å². The number of carbonyl (C=O) groups is 1. The number of Topliss-reactive ketones (excluding diaryl/α,β-unsaturated/α-hetero) is 1. The second-order valence-corrected chi connectivity index (χ2v) is 4.01. The molecule has 0 heterocycles. The van der Waals surface area contributed by atoms with Crippen LogP contribution in [0.4, 0.5) is 0 Å². The minimum absolute atomic E-state index is 0.216. The van der Waals surface area contributed by atoms with Gasteiger partial charge in [-0.1, -0.05) is 65.8 Å². The maximum atomic E-state index is 12.0. The van der Waals surface area contributed by atoms with E-state index in [4.69, 9.17) is 10.1 Å². The Morgan fingerprint density at radius 3 is 2.25 bits per heavy atom. The SMILES string of the molecule is N#C/C(=N\OCc1ccccc1)C(=O)c1ccccc1. The molecule has 0 aromatic heterocycles. The summed E-state index contributed by atoms with van der Waals surface area (Å²) >= 11 is 0. The van der Waals surface area contributed by atoms with Gasteiger partial charge in [0.05, 0.1) is 0 Å². The van der Waals surface area contributed by atoms with E-state index in [-0.39, 0.29) is 12.3 Å². The summed E-state index contributed by atoms with van der Waals surface area (Å²) in [4.78, 5) is 17.0. The van der Waals surface area contributed by atoms with Gasteiger partial charge in [-0.05, 0) is 5.56 Å². The first-order valence-electron chi connectivity index (χ1n) is 6.05. The van der Waals surface area contributed by atoms with Crippen LogP contribution in [-0.2, 0) is 11.4 Å². The number of benzene rings is 2. The van der Waals surface area contributed by atoms with E-state index in [0.29, 0.717) is 5.56 Å². The lowest BCUT2D eigenvalue weighted by molar-refractivity contribution is 0.103. The Balaban J connectivity index is 2.03. The molecule has 0 spiro atoms. The van der Waals surface area contributed by atoms with Gasteiger partial charge in [0.25, 0.3) is 0 Å². The van der Waals surface area contributed by atoms with Crippen molar-refractivity contribution in [2.75, 3.05) is 0 Å². The van der Waals surface area contributed by atoms with Crippen LogP contribution in [-0.4, -0.2) is 11.5 Å². The largest absolute Gasteiger partial charge is 0.390 e. The summed E-state index contributed by atoms with van der Waals surface area (Å²) in [6, 6.07) is 19.7. The first-order chi connectivity index (χ1) is 9.81. The van der Waals surface area contributed by atoms with Crippen LogP contribution in [0.25, 0.3) is 0 Å². The van der Waals surface area contributed by atoms with E-state index in [0.717, 1.165) is 5.56 Å². The molecule has 0 bridgehead atoms. The number of nitriles is 1. The Kier molecular flexibility index (Phi) is 4.63. The zero-order chi connectivity index (χ0) is 14.2. The molecule has 2 aromatic carbocycles. The van der Waals surface area contributed by atoms with Crippen LogP contribution in [0.2, 0.25) is 0 Å². The van der Waals surface area contributed by atoms with Crippen LogP contribution < -0.4 is 0 Å². The van der Waals surface area contributed by atoms with E-state index in [2.05, 4.69) is 5.16 Å². The van der Waals surface area contributed by atoms with Gasteiger partial charge in [0.1, 0.15) is 12.7 Å². The summed E-state index contributed by atoms with van der Waals surface area (Å²) in [6.45, 7) is 0.216. The molecule has 0 aliphatic rings. The monoisotopic (exact) mass is 264 g/mol. The van der Waals surface area contributed by atoms with Crippen molar-refractivity contribution in [3.8, 4) is 6.07 Å². The topological polar surface area (TPSA) is 62.4 Å². The molecule has 0 atom stereocenters. The summed E-state index contributed by atoms with van der Waals surface area (Å²) < 4.78 is 0. The van der Waals surface area contributed by atoms with Crippen molar-refractivity contribution in [3.63, 3.8) is 0 Å². The van der Waals surface area contributed by atoms with Gasteiger partial charge in [0.2, 0.25) is 11.5 Å². The van der Waals surface area contributed by atoms with Crippen LogP contribution in [0.1, 0.15) is 15.9 Å². The van der Waals surface area contributed by atoms with Crippen molar-refractivity contribution in [3.05, 3.63) is 71.8 Å². The molecule has 0 amide bonds. The van der Waals surface area contributed by atoms with Crippen molar-refractivity contribution in [1.29, 1.82) is 5.26 Å². The van der Waals surface area contributed by atoms with Crippen LogP contribution >= 0.6 is 0 Å². The standard InChI is InChI=1S/C16H12N2O2/c17-11-15(16(19)14-9-5-2-6-10-14)18-20-12-13-7-3-1-4-8-13/h1-10H,12H2/b18-15+. The Hall–Kier alpha value is -2.93. The number of hydrogen-bond acceptors (Lipinski definition) is 4. The minimum Gasteiger partial charge on any atom is -0.390 e. The van der Waals surface area contributed by atoms with Crippen molar-refractivity contribution < 1.29 is 9.63 Å². The summed E-state index contributed by atoms with van der Waals surface area (Å²) in [6.07, 6.45) is 0. The Morgan fingerprint density at radius 2 is 1.65 bits per heavy atom. The summed E-state index contributed by atoms with van der Waals surface area (Å²) in [5.74, 6) is -0.443. The van der Waals surface area contributed by atoms with Crippen LogP contribution in [0.5, 0.6) is 0 Å². The molecule has 0 aliphatic carbocycles. The summed E-state index contributed by atoms with van der Waals surface area (Å²) in [5.41, 5.74) is 1.07. The quantitative estimate of drug-likeness (QED) is 0.474.